The molecular formula is C24H25NO2. The van der Waals surface area contributed by atoms with Gasteiger partial charge in [-0.1, -0.05) is 79.7 Å². The fraction of sp³-hybridized carbons (Fsp3) is 0.208. The van der Waals surface area contributed by atoms with Crippen LogP contribution in [0, 0.1) is 0 Å². The Balaban J connectivity index is 1.59. The minimum absolute atomic E-state index is 0.0297. The van der Waals surface area contributed by atoms with Crippen molar-refractivity contribution in [2.24, 2.45) is 0 Å². The highest BCUT2D eigenvalue weighted by Gasteiger charge is 2.16. The van der Waals surface area contributed by atoms with Crippen molar-refractivity contribution >= 4 is 5.91 Å². The molecule has 3 rings (SSSR count). The Morgan fingerprint density at radius 3 is 1.93 bits per heavy atom. The van der Waals surface area contributed by atoms with Crippen molar-refractivity contribution in [3.8, 4) is 5.75 Å². The quantitative estimate of drug-likeness (QED) is 0.620. The first kappa shape index (κ1) is 18.7. The number of hydrogen-bond donors (Lipinski definition) is 1. The molecule has 0 aliphatic carbocycles. The first-order valence-electron chi connectivity index (χ1n) is 9.37. The van der Waals surface area contributed by atoms with Gasteiger partial charge in [0.1, 0.15) is 5.75 Å². The van der Waals surface area contributed by atoms with E-state index in [4.69, 9.17) is 4.74 Å². The van der Waals surface area contributed by atoms with E-state index in [0.717, 1.165) is 23.3 Å². The number of aryl methyl sites for hydroxylation is 1. The molecule has 0 radical (unpaired) electrons. The normalized spacial score (nSPS) is 10.6. The molecule has 3 nitrogen and oxygen atoms in total. The van der Waals surface area contributed by atoms with Crippen molar-refractivity contribution in [3.05, 3.63) is 102 Å². The van der Waals surface area contributed by atoms with Gasteiger partial charge in [-0.3, -0.25) is 4.79 Å². The highest BCUT2D eigenvalue weighted by molar-refractivity contribution is 5.77. The van der Waals surface area contributed by atoms with Crippen molar-refractivity contribution < 1.29 is 9.53 Å². The molecule has 0 bridgehead atoms. The standard InChI is InChI=1S/C24H25NO2/c1-2-19-13-15-22(16-14-19)27-18-17-23(26)25-24(20-9-5-3-6-10-20)21-11-7-4-8-12-21/h3-16,24H,2,17-18H2,1H3,(H,25,26). The third-order valence-electron chi connectivity index (χ3n) is 4.50. The van der Waals surface area contributed by atoms with Gasteiger partial charge in [0.2, 0.25) is 5.91 Å². The molecule has 138 valence electrons. The second-order valence-electron chi connectivity index (χ2n) is 6.42. The monoisotopic (exact) mass is 359 g/mol. The first-order valence-corrected chi connectivity index (χ1v) is 9.37. The zero-order valence-electron chi connectivity index (χ0n) is 15.6. The van der Waals surface area contributed by atoms with Gasteiger partial charge in [0, 0.05) is 0 Å². The van der Waals surface area contributed by atoms with E-state index in [0.29, 0.717) is 13.0 Å². The molecule has 0 aliphatic heterocycles. The average Bonchev–Trinajstić information content (AvgIpc) is 2.74. The predicted molar refractivity (Wildman–Crippen MR) is 109 cm³/mol. The highest BCUT2D eigenvalue weighted by atomic mass is 16.5. The lowest BCUT2D eigenvalue weighted by atomic mass is 9.98. The van der Waals surface area contributed by atoms with E-state index >= 15 is 0 Å². The number of amides is 1. The largest absolute Gasteiger partial charge is 0.493 e. The lowest BCUT2D eigenvalue weighted by Crippen LogP contribution is -2.30. The van der Waals surface area contributed by atoms with Crippen molar-refractivity contribution in [2.45, 2.75) is 25.8 Å². The number of carbonyl (C=O) groups is 1. The van der Waals surface area contributed by atoms with Crippen LogP contribution in [0.15, 0.2) is 84.9 Å². The molecule has 3 heteroatoms. The molecule has 3 aromatic carbocycles. The molecule has 0 saturated carbocycles. The van der Waals surface area contributed by atoms with Crippen LogP contribution in [0.2, 0.25) is 0 Å². The summed E-state index contributed by atoms with van der Waals surface area (Å²) in [5.74, 6) is 0.764. The zero-order valence-corrected chi connectivity index (χ0v) is 15.6. The van der Waals surface area contributed by atoms with Crippen LogP contribution in [-0.4, -0.2) is 12.5 Å². The molecule has 0 fully saturated rings. The van der Waals surface area contributed by atoms with Crippen LogP contribution in [0.25, 0.3) is 0 Å². The van der Waals surface area contributed by atoms with Crippen molar-refractivity contribution in [1.29, 1.82) is 0 Å². The van der Waals surface area contributed by atoms with Gasteiger partial charge in [0.15, 0.2) is 0 Å². The van der Waals surface area contributed by atoms with E-state index in [1.54, 1.807) is 0 Å². The van der Waals surface area contributed by atoms with Crippen LogP contribution >= 0.6 is 0 Å². The van der Waals surface area contributed by atoms with Crippen molar-refractivity contribution in [1.82, 2.24) is 5.32 Å². The summed E-state index contributed by atoms with van der Waals surface area (Å²) in [5, 5.41) is 3.14. The smallest absolute Gasteiger partial charge is 0.224 e. The number of hydrogen-bond acceptors (Lipinski definition) is 2. The van der Waals surface area contributed by atoms with E-state index < -0.39 is 0 Å². The minimum atomic E-state index is -0.163. The number of carbonyl (C=O) groups excluding carboxylic acids is 1. The Hall–Kier alpha value is -3.07. The molecule has 1 amide bonds. The maximum atomic E-state index is 12.5. The molecule has 0 unspecified atom stereocenters. The SMILES string of the molecule is CCc1ccc(OCCC(=O)NC(c2ccccc2)c2ccccc2)cc1. The van der Waals surface area contributed by atoms with Gasteiger partial charge in [-0.25, -0.2) is 0 Å². The second kappa shape index (κ2) is 9.58. The second-order valence-corrected chi connectivity index (χ2v) is 6.42. The van der Waals surface area contributed by atoms with E-state index in [-0.39, 0.29) is 11.9 Å². The van der Waals surface area contributed by atoms with Crippen LogP contribution < -0.4 is 10.1 Å². The summed E-state index contributed by atoms with van der Waals surface area (Å²) in [7, 11) is 0. The van der Waals surface area contributed by atoms with Gasteiger partial charge in [-0.05, 0) is 35.2 Å². The third kappa shape index (κ3) is 5.45. The number of benzene rings is 3. The first-order chi connectivity index (χ1) is 13.3. The van der Waals surface area contributed by atoms with E-state index in [1.807, 2.05) is 72.8 Å². The van der Waals surface area contributed by atoms with E-state index in [2.05, 4.69) is 24.4 Å². The van der Waals surface area contributed by atoms with Gasteiger partial charge >= 0.3 is 0 Å². The molecule has 0 atom stereocenters. The molecule has 0 aliphatic rings. The maximum absolute atomic E-state index is 12.5. The highest BCUT2D eigenvalue weighted by Crippen LogP contribution is 2.22. The predicted octanol–water partition coefficient (Wildman–Crippen LogP) is 4.92. The molecular weight excluding hydrogens is 334 g/mol. The molecule has 0 heterocycles. The molecule has 3 aromatic rings. The summed E-state index contributed by atoms with van der Waals surface area (Å²) in [6, 6.07) is 27.9. The summed E-state index contributed by atoms with van der Waals surface area (Å²) in [5.41, 5.74) is 3.40. The van der Waals surface area contributed by atoms with Crippen LogP contribution in [0.1, 0.15) is 36.1 Å². The zero-order chi connectivity index (χ0) is 18.9. The Labute approximate surface area is 161 Å². The third-order valence-corrected chi connectivity index (χ3v) is 4.50. The van der Waals surface area contributed by atoms with Crippen LogP contribution in [0.5, 0.6) is 5.75 Å². The molecule has 0 spiro atoms. The fourth-order valence-electron chi connectivity index (χ4n) is 2.97. The van der Waals surface area contributed by atoms with Gasteiger partial charge < -0.3 is 10.1 Å². The summed E-state index contributed by atoms with van der Waals surface area (Å²) in [6.45, 7) is 2.48. The van der Waals surface area contributed by atoms with E-state index in [1.165, 1.54) is 5.56 Å². The number of nitrogens with one attached hydrogen (secondary N) is 1. The van der Waals surface area contributed by atoms with Crippen LogP contribution in [-0.2, 0) is 11.2 Å². The fourth-order valence-corrected chi connectivity index (χ4v) is 2.97. The van der Waals surface area contributed by atoms with Crippen molar-refractivity contribution in [3.63, 3.8) is 0 Å². The summed E-state index contributed by atoms with van der Waals surface area (Å²) in [4.78, 5) is 12.5. The average molecular weight is 359 g/mol. The Morgan fingerprint density at radius 1 is 0.852 bits per heavy atom. The molecule has 1 N–H and O–H groups in total. The van der Waals surface area contributed by atoms with Gasteiger partial charge in [-0.2, -0.15) is 0 Å². The Morgan fingerprint density at radius 2 is 1.41 bits per heavy atom. The van der Waals surface area contributed by atoms with Crippen molar-refractivity contribution in [2.75, 3.05) is 6.61 Å². The molecule has 27 heavy (non-hydrogen) atoms. The Bertz CT molecular complexity index is 790. The minimum Gasteiger partial charge on any atom is -0.493 e. The summed E-state index contributed by atoms with van der Waals surface area (Å²) < 4.78 is 5.71. The van der Waals surface area contributed by atoms with Gasteiger partial charge in [0.05, 0.1) is 19.1 Å². The van der Waals surface area contributed by atoms with Crippen LogP contribution in [0.4, 0.5) is 0 Å². The lowest BCUT2D eigenvalue weighted by Gasteiger charge is -2.20. The molecule has 0 saturated heterocycles. The lowest BCUT2D eigenvalue weighted by molar-refractivity contribution is -0.122. The van der Waals surface area contributed by atoms with E-state index in [9.17, 15) is 4.79 Å². The molecule has 0 aromatic heterocycles. The maximum Gasteiger partial charge on any atom is 0.224 e. The van der Waals surface area contributed by atoms with Gasteiger partial charge in [0.25, 0.3) is 0 Å². The number of rotatable bonds is 8. The Kier molecular flexibility index (Phi) is 6.64. The summed E-state index contributed by atoms with van der Waals surface area (Å²) >= 11 is 0. The number of ether oxygens (including phenoxy) is 1. The topological polar surface area (TPSA) is 38.3 Å². The van der Waals surface area contributed by atoms with Crippen LogP contribution in [0.3, 0.4) is 0 Å². The van der Waals surface area contributed by atoms with Gasteiger partial charge in [-0.15, -0.1) is 0 Å². The summed E-state index contributed by atoms with van der Waals surface area (Å²) in [6.07, 6.45) is 1.31.